The molecule has 0 bridgehead atoms. The summed E-state index contributed by atoms with van der Waals surface area (Å²) in [5, 5.41) is 2.74. The predicted molar refractivity (Wildman–Crippen MR) is 67.0 cm³/mol. The summed E-state index contributed by atoms with van der Waals surface area (Å²) in [6.45, 7) is 2.03. The molecule has 5 nitrogen and oxygen atoms in total. The maximum atomic E-state index is 11.8. The highest BCUT2D eigenvalue weighted by Crippen LogP contribution is 2.17. The van der Waals surface area contributed by atoms with Crippen molar-refractivity contribution in [2.24, 2.45) is 0 Å². The minimum atomic E-state index is -0.447. The lowest BCUT2D eigenvalue weighted by atomic mass is 10.1. The molecule has 1 atom stereocenters. The van der Waals surface area contributed by atoms with Gasteiger partial charge in [-0.05, 0) is 25.0 Å². The van der Waals surface area contributed by atoms with Crippen LogP contribution < -0.4 is 11.1 Å². The van der Waals surface area contributed by atoms with Crippen LogP contribution in [0, 0.1) is 6.92 Å². The number of hydrogen-bond donors (Lipinski definition) is 2. The third kappa shape index (κ3) is 2.61. The van der Waals surface area contributed by atoms with Crippen LogP contribution in [0.25, 0.3) is 0 Å². The van der Waals surface area contributed by atoms with Crippen molar-refractivity contribution >= 4 is 17.6 Å². The Hall–Kier alpha value is -2.04. The Bertz CT molecular complexity index is 485. The Labute approximate surface area is 105 Å². The molecule has 1 aliphatic heterocycles. The molecule has 5 heteroatoms. The molecule has 0 aliphatic carbocycles. The molecule has 0 spiro atoms. The molecule has 0 radical (unpaired) electrons. The molecule has 1 heterocycles. The highest BCUT2D eigenvalue weighted by Gasteiger charge is 2.22. The van der Waals surface area contributed by atoms with E-state index in [4.69, 9.17) is 10.5 Å². The van der Waals surface area contributed by atoms with Gasteiger partial charge in [0.05, 0.1) is 11.6 Å². The summed E-state index contributed by atoms with van der Waals surface area (Å²) >= 11 is 0. The Morgan fingerprint density at radius 1 is 1.56 bits per heavy atom. The van der Waals surface area contributed by atoms with Gasteiger partial charge < -0.3 is 15.8 Å². The topological polar surface area (TPSA) is 81.4 Å². The maximum Gasteiger partial charge on any atom is 0.340 e. The number of nitrogen functional groups attached to an aromatic ring is 1. The number of rotatable bonds is 3. The van der Waals surface area contributed by atoms with E-state index in [1.165, 1.54) is 0 Å². The van der Waals surface area contributed by atoms with Gasteiger partial charge in [-0.2, -0.15) is 0 Å². The lowest BCUT2D eigenvalue weighted by Gasteiger charge is -2.12. The maximum absolute atomic E-state index is 11.8. The van der Waals surface area contributed by atoms with Crippen molar-refractivity contribution in [2.75, 3.05) is 12.3 Å². The van der Waals surface area contributed by atoms with Crippen molar-refractivity contribution in [1.29, 1.82) is 0 Å². The summed E-state index contributed by atoms with van der Waals surface area (Å²) in [6, 6.07) is 5.16. The lowest BCUT2D eigenvalue weighted by molar-refractivity contribution is -0.119. The van der Waals surface area contributed by atoms with Crippen LogP contribution >= 0.6 is 0 Å². The molecule has 18 heavy (non-hydrogen) atoms. The fourth-order valence-corrected chi connectivity index (χ4v) is 1.92. The number of amides is 1. The minimum absolute atomic E-state index is 0.00567. The van der Waals surface area contributed by atoms with E-state index in [0.29, 0.717) is 24.1 Å². The standard InChI is InChI=1S/C13H16N2O3/c1-8-3-2-4-10(12(8)14)13(17)18-7-9-5-6-11(16)15-9/h2-4,9H,5-7,14H2,1H3,(H,15,16). The molecule has 96 valence electrons. The van der Waals surface area contributed by atoms with Gasteiger partial charge in [0.2, 0.25) is 5.91 Å². The van der Waals surface area contributed by atoms with Crippen LogP contribution in [-0.4, -0.2) is 24.5 Å². The smallest absolute Gasteiger partial charge is 0.340 e. The molecular weight excluding hydrogens is 232 g/mol. The Balaban J connectivity index is 1.95. The number of carbonyl (C=O) groups excluding carboxylic acids is 2. The van der Waals surface area contributed by atoms with Crippen LogP contribution in [0.2, 0.25) is 0 Å². The zero-order valence-corrected chi connectivity index (χ0v) is 10.2. The molecule has 1 amide bonds. The second-order valence-corrected chi connectivity index (χ2v) is 4.44. The average molecular weight is 248 g/mol. The van der Waals surface area contributed by atoms with Crippen molar-refractivity contribution < 1.29 is 14.3 Å². The normalized spacial score (nSPS) is 18.5. The molecule has 1 fully saturated rings. The largest absolute Gasteiger partial charge is 0.460 e. The first-order valence-electron chi connectivity index (χ1n) is 5.89. The predicted octanol–water partition coefficient (Wildman–Crippen LogP) is 1.01. The van der Waals surface area contributed by atoms with Crippen LogP contribution in [0.3, 0.4) is 0 Å². The first kappa shape index (κ1) is 12.4. The molecule has 1 saturated heterocycles. The first-order chi connectivity index (χ1) is 8.58. The number of aryl methyl sites for hydroxylation is 1. The molecule has 2 rings (SSSR count). The van der Waals surface area contributed by atoms with E-state index in [2.05, 4.69) is 5.32 Å². The monoisotopic (exact) mass is 248 g/mol. The number of nitrogens with one attached hydrogen (secondary N) is 1. The summed E-state index contributed by atoms with van der Waals surface area (Å²) in [5.74, 6) is -0.441. The number of para-hydroxylation sites is 1. The van der Waals surface area contributed by atoms with Gasteiger partial charge in [-0.25, -0.2) is 4.79 Å². The van der Waals surface area contributed by atoms with Gasteiger partial charge in [-0.1, -0.05) is 12.1 Å². The van der Waals surface area contributed by atoms with E-state index in [9.17, 15) is 9.59 Å². The fraction of sp³-hybridized carbons (Fsp3) is 0.385. The van der Waals surface area contributed by atoms with Crippen LogP contribution in [0.1, 0.15) is 28.8 Å². The SMILES string of the molecule is Cc1cccc(C(=O)OCC2CCC(=O)N2)c1N. The average Bonchev–Trinajstić information content (AvgIpc) is 2.76. The summed E-state index contributed by atoms with van der Waals surface area (Å²) in [5.41, 5.74) is 7.48. The zero-order chi connectivity index (χ0) is 13.1. The number of benzene rings is 1. The van der Waals surface area contributed by atoms with Crippen LogP contribution in [0.4, 0.5) is 5.69 Å². The van der Waals surface area contributed by atoms with E-state index in [-0.39, 0.29) is 18.6 Å². The highest BCUT2D eigenvalue weighted by molar-refractivity contribution is 5.95. The fourth-order valence-electron chi connectivity index (χ4n) is 1.92. The van der Waals surface area contributed by atoms with E-state index < -0.39 is 5.97 Å². The molecule has 3 N–H and O–H groups in total. The van der Waals surface area contributed by atoms with Crippen molar-refractivity contribution in [3.05, 3.63) is 29.3 Å². The summed E-state index contributed by atoms with van der Waals surface area (Å²) in [6.07, 6.45) is 1.20. The van der Waals surface area contributed by atoms with Gasteiger partial charge in [-0.15, -0.1) is 0 Å². The van der Waals surface area contributed by atoms with Crippen LogP contribution in [0.15, 0.2) is 18.2 Å². The van der Waals surface area contributed by atoms with Crippen LogP contribution in [0.5, 0.6) is 0 Å². The number of nitrogens with two attached hydrogens (primary N) is 1. The first-order valence-corrected chi connectivity index (χ1v) is 5.89. The summed E-state index contributed by atoms with van der Waals surface area (Å²) < 4.78 is 5.16. The third-order valence-electron chi connectivity index (χ3n) is 3.04. The van der Waals surface area contributed by atoms with Crippen LogP contribution in [-0.2, 0) is 9.53 Å². The number of carbonyl (C=O) groups is 2. The minimum Gasteiger partial charge on any atom is -0.460 e. The summed E-state index contributed by atoms with van der Waals surface area (Å²) in [4.78, 5) is 22.8. The van der Waals surface area contributed by atoms with Gasteiger partial charge in [0.15, 0.2) is 0 Å². The Kier molecular flexibility index (Phi) is 3.50. The van der Waals surface area contributed by atoms with E-state index >= 15 is 0 Å². The number of hydrogen-bond acceptors (Lipinski definition) is 4. The van der Waals surface area contributed by atoms with Gasteiger partial charge in [0.1, 0.15) is 6.61 Å². The third-order valence-corrected chi connectivity index (χ3v) is 3.04. The number of esters is 1. The second-order valence-electron chi connectivity index (χ2n) is 4.44. The Morgan fingerprint density at radius 2 is 2.33 bits per heavy atom. The van der Waals surface area contributed by atoms with Crippen molar-refractivity contribution in [3.8, 4) is 0 Å². The molecule has 1 unspecified atom stereocenters. The van der Waals surface area contributed by atoms with Gasteiger partial charge >= 0.3 is 5.97 Å². The lowest BCUT2D eigenvalue weighted by Crippen LogP contribution is -2.30. The molecule has 1 aliphatic rings. The molecule has 1 aromatic rings. The van der Waals surface area contributed by atoms with Crippen molar-refractivity contribution in [3.63, 3.8) is 0 Å². The van der Waals surface area contributed by atoms with Crippen molar-refractivity contribution in [2.45, 2.75) is 25.8 Å². The van der Waals surface area contributed by atoms with E-state index in [1.807, 2.05) is 13.0 Å². The van der Waals surface area contributed by atoms with Gasteiger partial charge in [-0.3, -0.25) is 4.79 Å². The molecule has 0 saturated carbocycles. The number of ether oxygens (including phenoxy) is 1. The molecular formula is C13H16N2O3. The zero-order valence-electron chi connectivity index (χ0n) is 10.2. The number of anilines is 1. The van der Waals surface area contributed by atoms with Crippen molar-refractivity contribution in [1.82, 2.24) is 5.32 Å². The Morgan fingerprint density at radius 3 is 3.00 bits per heavy atom. The van der Waals surface area contributed by atoms with Gasteiger partial charge in [0, 0.05) is 12.1 Å². The second kappa shape index (κ2) is 5.08. The quantitative estimate of drug-likeness (QED) is 0.618. The molecule has 0 aromatic heterocycles. The summed E-state index contributed by atoms with van der Waals surface area (Å²) in [7, 11) is 0. The molecule has 1 aromatic carbocycles. The van der Waals surface area contributed by atoms with E-state index in [0.717, 1.165) is 5.56 Å². The van der Waals surface area contributed by atoms with Gasteiger partial charge in [0.25, 0.3) is 0 Å². The van der Waals surface area contributed by atoms with E-state index in [1.54, 1.807) is 12.1 Å². The highest BCUT2D eigenvalue weighted by atomic mass is 16.5.